The van der Waals surface area contributed by atoms with Crippen LogP contribution in [0.5, 0.6) is 0 Å². The SMILES string of the molecule is CCC(O)c1cc2n(n1)CCCN(C(=O)c1cncc(F)c1)C2. The molecule has 0 aliphatic carbocycles. The first-order valence-electron chi connectivity index (χ1n) is 7.73. The van der Waals surface area contributed by atoms with Crippen molar-refractivity contribution in [1.29, 1.82) is 0 Å². The zero-order valence-electron chi connectivity index (χ0n) is 12.9. The van der Waals surface area contributed by atoms with Crippen LogP contribution in [0.15, 0.2) is 24.5 Å². The molecule has 0 bridgehead atoms. The highest BCUT2D eigenvalue weighted by Crippen LogP contribution is 2.21. The molecule has 2 aromatic rings. The maximum Gasteiger partial charge on any atom is 0.255 e. The number of nitrogens with zero attached hydrogens (tertiary/aromatic N) is 4. The molecule has 3 heterocycles. The van der Waals surface area contributed by atoms with Crippen LogP contribution in [0.2, 0.25) is 0 Å². The van der Waals surface area contributed by atoms with Crippen LogP contribution in [-0.4, -0.2) is 37.2 Å². The van der Waals surface area contributed by atoms with Gasteiger partial charge in [0.2, 0.25) is 0 Å². The van der Waals surface area contributed by atoms with Gasteiger partial charge in [-0.2, -0.15) is 5.10 Å². The summed E-state index contributed by atoms with van der Waals surface area (Å²) >= 11 is 0. The second-order valence-electron chi connectivity index (χ2n) is 5.68. The number of fused-ring (bicyclic) bond motifs is 1. The summed E-state index contributed by atoms with van der Waals surface area (Å²) in [6, 6.07) is 3.04. The van der Waals surface area contributed by atoms with Gasteiger partial charge in [0.15, 0.2) is 0 Å². The second kappa shape index (κ2) is 6.45. The Morgan fingerprint density at radius 3 is 2.96 bits per heavy atom. The van der Waals surface area contributed by atoms with Crippen molar-refractivity contribution in [3.63, 3.8) is 0 Å². The Morgan fingerprint density at radius 1 is 1.39 bits per heavy atom. The fraction of sp³-hybridized carbons (Fsp3) is 0.438. The van der Waals surface area contributed by atoms with E-state index in [1.54, 1.807) is 4.90 Å². The third-order valence-electron chi connectivity index (χ3n) is 4.00. The Hall–Kier alpha value is -2.28. The number of rotatable bonds is 3. The highest BCUT2D eigenvalue weighted by molar-refractivity contribution is 5.93. The van der Waals surface area contributed by atoms with E-state index in [9.17, 15) is 14.3 Å². The van der Waals surface area contributed by atoms with Crippen LogP contribution >= 0.6 is 0 Å². The fourth-order valence-corrected chi connectivity index (χ4v) is 2.74. The molecule has 0 spiro atoms. The van der Waals surface area contributed by atoms with Crippen molar-refractivity contribution >= 4 is 5.91 Å². The summed E-state index contributed by atoms with van der Waals surface area (Å²) in [5, 5.41) is 14.3. The van der Waals surface area contributed by atoms with Crippen molar-refractivity contribution in [2.24, 2.45) is 0 Å². The van der Waals surface area contributed by atoms with Crippen LogP contribution in [0.4, 0.5) is 4.39 Å². The Morgan fingerprint density at radius 2 is 2.22 bits per heavy atom. The second-order valence-corrected chi connectivity index (χ2v) is 5.68. The van der Waals surface area contributed by atoms with E-state index in [-0.39, 0.29) is 11.5 Å². The quantitative estimate of drug-likeness (QED) is 0.938. The normalized spacial score (nSPS) is 15.9. The van der Waals surface area contributed by atoms with E-state index in [0.29, 0.717) is 31.7 Å². The number of hydrogen-bond donors (Lipinski definition) is 1. The van der Waals surface area contributed by atoms with E-state index in [1.807, 2.05) is 17.7 Å². The lowest BCUT2D eigenvalue weighted by Gasteiger charge is -2.19. The van der Waals surface area contributed by atoms with Gasteiger partial charge < -0.3 is 10.0 Å². The lowest BCUT2D eigenvalue weighted by molar-refractivity contribution is 0.0744. The predicted molar refractivity (Wildman–Crippen MR) is 81.0 cm³/mol. The summed E-state index contributed by atoms with van der Waals surface area (Å²) in [6.45, 7) is 3.54. The van der Waals surface area contributed by atoms with Gasteiger partial charge >= 0.3 is 0 Å². The molecule has 0 radical (unpaired) electrons. The maximum absolute atomic E-state index is 13.3. The Bertz CT molecular complexity index is 716. The van der Waals surface area contributed by atoms with Crippen molar-refractivity contribution in [2.75, 3.05) is 6.54 Å². The van der Waals surface area contributed by atoms with Gasteiger partial charge in [-0.1, -0.05) is 6.92 Å². The summed E-state index contributed by atoms with van der Waals surface area (Å²) in [6.07, 6.45) is 3.21. The molecule has 0 fully saturated rings. The van der Waals surface area contributed by atoms with Crippen molar-refractivity contribution in [3.8, 4) is 0 Å². The highest BCUT2D eigenvalue weighted by Gasteiger charge is 2.23. The van der Waals surface area contributed by atoms with E-state index in [1.165, 1.54) is 12.3 Å². The average Bonchev–Trinajstić information content (AvgIpc) is 2.85. The van der Waals surface area contributed by atoms with Crippen LogP contribution in [0.25, 0.3) is 0 Å². The topological polar surface area (TPSA) is 71.2 Å². The summed E-state index contributed by atoms with van der Waals surface area (Å²) < 4.78 is 15.1. The molecule has 1 aliphatic heterocycles. The summed E-state index contributed by atoms with van der Waals surface area (Å²) in [5.74, 6) is -0.770. The molecule has 1 amide bonds. The number of carbonyl (C=O) groups excluding carboxylic acids is 1. The van der Waals surface area contributed by atoms with Gasteiger partial charge in [0, 0.05) is 19.3 Å². The summed E-state index contributed by atoms with van der Waals surface area (Å²) in [4.78, 5) is 18.0. The van der Waals surface area contributed by atoms with Crippen LogP contribution in [0, 0.1) is 5.82 Å². The molecular weight excluding hydrogens is 299 g/mol. The van der Waals surface area contributed by atoms with Gasteiger partial charge in [-0.25, -0.2) is 4.39 Å². The smallest absolute Gasteiger partial charge is 0.255 e. The Labute approximate surface area is 133 Å². The Kier molecular flexibility index (Phi) is 4.38. The standard InChI is InChI=1S/C16H19FN4O2/c1-2-15(22)14-7-13-10-20(4-3-5-21(13)19-14)16(23)11-6-12(17)9-18-8-11/h6-9,15,22H,2-5,10H2,1H3. The number of carbonyl (C=O) groups is 1. The lowest BCUT2D eigenvalue weighted by atomic mass is 10.2. The monoisotopic (exact) mass is 318 g/mol. The molecule has 1 atom stereocenters. The zero-order valence-corrected chi connectivity index (χ0v) is 12.9. The van der Waals surface area contributed by atoms with Crippen LogP contribution in [-0.2, 0) is 13.1 Å². The maximum atomic E-state index is 13.3. The minimum atomic E-state index is -0.592. The van der Waals surface area contributed by atoms with Crippen molar-refractivity contribution in [3.05, 3.63) is 47.3 Å². The molecule has 0 saturated heterocycles. The predicted octanol–water partition coefficient (Wildman–Crippen LogP) is 1.91. The number of amides is 1. The average molecular weight is 318 g/mol. The molecule has 0 saturated carbocycles. The van der Waals surface area contributed by atoms with Crippen LogP contribution < -0.4 is 0 Å². The van der Waals surface area contributed by atoms with Crippen molar-refractivity contribution < 1.29 is 14.3 Å². The Balaban J connectivity index is 1.83. The molecule has 1 N–H and O–H groups in total. The molecule has 0 aromatic carbocycles. The third-order valence-corrected chi connectivity index (χ3v) is 4.00. The van der Waals surface area contributed by atoms with Gasteiger partial charge in [0.1, 0.15) is 5.82 Å². The van der Waals surface area contributed by atoms with E-state index >= 15 is 0 Å². The molecule has 2 aromatic heterocycles. The summed E-state index contributed by atoms with van der Waals surface area (Å²) in [7, 11) is 0. The lowest BCUT2D eigenvalue weighted by Crippen LogP contribution is -2.30. The van der Waals surface area contributed by atoms with E-state index in [2.05, 4.69) is 10.1 Å². The molecule has 6 nitrogen and oxygen atoms in total. The largest absolute Gasteiger partial charge is 0.387 e. The van der Waals surface area contributed by atoms with E-state index in [4.69, 9.17) is 0 Å². The molecule has 23 heavy (non-hydrogen) atoms. The molecule has 1 unspecified atom stereocenters. The highest BCUT2D eigenvalue weighted by atomic mass is 19.1. The van der Waals surface area contributed by atoms with Gasteiger partial charge in [0.25, 0.3) is 5.91 Å². The number of pyridine rings is 1. The van der Waals surface area contributed by atoms with Gasteiger partial charge in [-0.15, -0.1) is 0 Å². The molecule has 122 valence electrons. The number of hydrogen-bond acceptors (Lipinski definition) is 4. The van der Waals surface area contributed by atoms with Gasteiger partial charge in [-0.05, 0) is 25.0 Å². The zero-order chi connectivity index (χ0) is 16.4. The fourth-order valence-electron chi connectivity index (χ4n) is 2.74. The minimum absolute atomic E-state index is 0.242. The molecule has 3 rings (SSSR count). The number of halogens is 1. The summed E-state index contributed by atoms with van der Waals surface area (Å²) in [5.41, 5.74) is 1.75. The molecule has 1 aliphatic rings. The van der Waals surface area contributed by atoms with Crippen molar-refractivity contribution in [2.45, 2.75) is 39.0 Å². The van der Waals surface area contributed by atoms with Gasteiger partial charge in [-0.3, -0.25) is 14.5 Å². The van der Waals surface area contributed by atoms with Crippen LogP contribution in [0.1, 0.15) is 47.6 Å². The molecular formula is C16H19FN4O2. The molecule has 7 heteroatoms. The number of aromatic nitrogens is 3. The first-order chi connectivity index (χ1) is 11.1. The van der Waals surface area contributed by atoms with Crippen molar-refractivity contribution in [1.82, 2.24) is 19.7 Å². The van der Waals surface area contributed by atoms with E-state index < -0.39 is 11.9 Å². The first kappa shape index (κ1) is 15.6. The van der Waals surface area contributed by atoms with E-state index in [0.717, 1.165) is 18.3 Å². The number of aliphatic hydroxyl groups excluding tert-OH is 1. The van der Waals surface area contributed by atoms with Crippen LogP contribution in [0.3, 0.4) is 0 Å². The minimum Gasteiger partial charge on any atom is -0.387 e. The first-order valence-corrected chi connectivity index (χ1v) is 7.73. The third kappa shape index (κ3) is 3.24. The number of aryl methyl sites for hydroxylation is 1. The number of aliphatic hydroxyl groups is 1. The van der Waals surface area contributed by atoms with Gasteiger partial charge in [0.05, 0.1) is 35.8 Å².